The van der Waals surface area contributed by atoms with Gasteiger partial charge in [0.05, 0.1) is 6.10 Å². The van der Waals surface area contributed by atoms with Crippen molar-refractivity contribution in [3.05, 3.63) is 35.5 Å². The third-order valence-electron chi connectivity index (χ3n) is 4.38. The van der Waals surface area contributed by atoms with E-state index in [0.717, 1.165) is 18.8 Å². The highest BCUT2D eigenvalue weighted by Crippen LogP contribution is 2.33. The summed E-state index contributed by atoms with van der Waals surface area (Å²) in [6.45, 7) is 1.05. The maximum atomic E-state index is 12.1. The number of ether oxygens (including phenoxy) is 1. The highest BCUT2D eigenvalue weighted by atomic mass is 19.4. The van der Waals surface area contributed by atoms with Gasteiger partial charge in [-0.25, -0.2) is 0 Å². The molecular formula is C18H25F3O. The highest BCUT2D eigenvalue weighted by Gasteiger charge is 2.29. The summed E-state index contributed by atoms with van der Waals surface area (Å²) in [7, 11) is 0. The highest BCUT2D eigenvalue weighted by molar-refractivity contribution is 5.42. The fourth-order valence-corrected chi connectivity index (χ4v) is 3.07. The van der Waals surface area contributed by atoms with Gasteiger partial charge in [0.15, 0.2) is 0 Å². The van der Waals surface area contributed by atoms with Crippen LogP contribution in [-0.2, 0) is 4.74 Å². The van der Waals surface area contributed by atoms with Gasteiger partial charge in [0, 0.05) is 0 Å². The largest absolute Gasteiger partial charge is 0.411 e. The van der Waals surface area contributed by atoms with Crippen LogP contribution in [0.4, 0.5) is 13.2 Å². The van der Waals surface area contributed by atoms with Gasteiger partial charge in [-0.05, 0) is 42.7 Å². The van der Waals surface area contributed by atoms with Gasteiger partial charge in [0.25, 0.3) is 0 Å². The summed E-state index contributed by atoms with van der Waals surface area (Å²) in [5.74, 6) is 0.805. The molecule has 0 amide bonds. The Morgan fingerprint density at radius 1 is 1.23 bits per heavy atom. The summed E-state index contributed by atoms with van der Waals surface area (Å²) in [5.41, 5.74) is 2.51. The lowest BCUT2D eigenvalue weighted by Gasteiger charge is -2.24. The molecule has 0 aliphatic heterocycles. The van der Waals surface area contributed by atoms with Crippen molar-refractivity contribution in [3.8, 4) is 0 Å². The van der Waals surface area contributed by atoms with Gasteiger partial charge in [-0.2, -0.15) is 13.2 Å². The van der Waals surface area contributed by atoms with Crippen molar-refractivity contribution < 1.29 is 17.9 Å². The van der Waals surface area contributed by atoms with E-state index in [1.807, 2.05) is 12.2 Å². The molecule has 0 radical (unpaired) electrons. The fourth-order valence-electron chi connectivity index (χ4n) is 3.07. The topological polar surface area (TPSA) is 9.23 Å². The molecule has 22 heavy (non-hydrogen) atoms. The minimum absolute atomic E-state index is 0.452. The molecule has 0 aromatic rings. The van der Waals surface area contributed by atoms with E-state index in [9.17, 15) is 13.2 Å². The zero-order chi connectivity index (χ0) is 16.0. The SMILES string of the molecule is CCCCC1CC=C(C2=CCC(OCC(F)(F)F)C=C2)CC1. The Kier molecular flexibility index (Phi) is 6.30. The molecule has 0 bridgehead atoms. The van der Waals surface area contributed by atoms with Gasteiger partial charge < -0.3 is 4.74 Å². The molecule has 2 atom stereocenters. The first-order valence-electron chi connectivity index (χ1n) is 8.24. The molecule has 2 aliphatic carbocycles. The van der Waals surface area contributed by atoms with Crippen LogP contribution in [0.3, 0.4) is 0 Å². The lowest BCUT2D eigenvalue weighted by atomic mass is 9.83. The Bertz CT molecular complexity index is 446. The molecule has 124 valence electrons. The van der Waals surface area contributed by atoms with Gasteiger partial charge in [0.1, 0.15) is 6.61 Å². The summed E-state index contributed by atoms with van der Waals surface area (Å²) in [4.78, 5) is 0. The Morgan fingerprint density at radius 3 is 2.59 bits per heavy atom. The lowest BCUT2D eigenvalue weighted by molar-refractivity contribution is -0.180. The van der Waals surface area contributed by atoms with E-state index in [-0.39, 0.29) is 0 Å². The first kappa shape index (κ1) is 17.3. The summed E-state index contributed by atoms with van der Waals surface area (Å²) in [6, 6.07) is 0. The monoisotopic (exact) mass is 314 g/mol. The standard InChI is InChI=1S/C18H25F3O/c1-2-3-4-14-5-7-15(8-6-14)16-9-11-17(12-10-16)22-13-18(19,20)21/h7,9-11,14,17H,2-6,8,12-13H2,1H3. The van der Waals surface area contributed by atoms with Crippen LogP contribution in [0, 0.1) is 5.92 Å². The van der Waals surface area contributed by atoms with Gasteiger partial charge in [0.2, 0.25) is 0 Å². The minimum atomic E-state index is -4.25. The van der Waals surface area contributed by atoms with E-state index >= 15 is 0 Å². The summed E-state index contributed by atoms with van der Waals surface area (Å²) < 4.78 is 41.3. The predicted molar refractivity (Wildman–Crippen MR) is 82.6 cm³/mol. The predicted octanol–water partition coefficient (Wildman–Crippen LogP) is 5.74. The average Bonchev–Trinajstić information content (AvgIpc) is 2.51. The zero-order valence-electron chi connectivity index (χ0n) is 13.2. The minimum Gasteiger partial charge on any atom is -0.364 e. The average molecular weight is 314 g/mol. The third kappa shape index (κ3) is 5.64. The second-order valence-electron chi connectivity index (χ2n) is 6.23. The maximum Gasteiger partial charge on any atom is 0.411 e. The maximum absolute atomic E-state index is 12.1. The molecule has 0 saturated carbocycles. The molecule has 0 aromatic carbocycles. The van der Waals surface area contributed by atoms with E-state index < -0.39 is 18.9 Å². The molecule has 0 saturated heterocycles. The summed E-state index contributed by atoms with van der Waals surface area (Å²) in [5, 5.41) is 0. The van der Waals surface area contributed by atoms with E-state index in [2.05, 4.69) is 13.0 Å². The first-order chi connectivity index (χ1) is 10.5. The first-order valence-corrected chi connectivity index (χ1v) is 8.24. The third-order valence-corrected chi connectivity index (χ3v) is 4.38. The van der Waals surface area contributed by atoms with E-state index in [4.69, 9.17) is 4.74 Å². The molecular weight excluding hydrogens is 289 g/mol. The molecule has 2 unspecified atom stereocenters. The summed E-state index contributed by atoms with van der Waals surface area (Å²) in [6.07, 6.45) is 11.1. The van der Waals surface area contributed by atoms with E-state index in [1.165, 1.54) is 36.8 Å². The number of unbranched alkanes of at least 4 members (excludes halogenated alkanes) is 1. The van der Waals surface area contributed by atoms with Gasteiger partial charge >= 0.3 is 6.18 Å². The lowest BCUT2D eigenvalue weighted by Crippen LogP contribution is -2.22. The zero-order valence-corrected chi connectivity index (χ0v) is 13.2. The Labute approximate surface area is 130 Å². The molecule has 0 N–H and O–H groups in total. The number of hydrogen-bond donors (Lipinski definition) is 0. The van der Waals surface area contributed by atoms with Crippen molar-refractivity contribution in [2.75, 3.05) is 6.61 Å². The number of alkyl halides is 3. The molecule has 0 fully saturated rings. The molecule has 0 heterocycles. The van der Waals surface area contributed by atoms with Crippen molar-refractivity contribution in [3.63, 3.8) is 0 Å². The van der Waals surface area contributed by atoms with Crippen LogP contribution in [0.15, 0.2) is 35.5 Å². The number of rotatable bonds is 6. The molecule has 0 spiro atoms. The Balaban J connectivity index is 1.80. The fraction of sp³-hybridized carbons (Fsp3) is 0.667. The second kappa shape index (κ2) is 8.00. The van der Waals surface area contributed by atoms with Crippen LogP contribution >= 0.6 is 0 Å². The van der Waals surface area contributed by atoms with Crippen LogP contribution < -0.4 is 0 Å². The van der Waals surface area contributed by atoms with Crippen LogP contribution in [0.2, 0.25) is 0 Å². The molecule has 4 heteroatoms. The molecule has 0 aromatic heterocycles. The van der Waals surface area contributed by atoms with Crippen molar-refractivity contribution >= 4 is 0 Å². The number of allylic oxidation sites excluding steroid dienone is 4. The van der Waals surface area contributed by atoms with Crippen molar-refractivity contribution in [1.29, 1.82) is 0 Å². The van der Waals surface area contributed by atoms with E-state index in [0.29, 0.717) is 6.42 Å². The number of halogens is 3. The normalized spacial score (nSPS) is 25.8. The smallest absolute Gasteiger partial charge is 0.364 e. The van der Waals surface area contributed by atoms with Crippen LogP contribution in [0.25, 0.3) is 0 Å². The van der Waals surface area contributed by atoms with Gasteiger partial charge in [-0.1, -0.05) is 50.5 Å². The second-order valence-corrected chi connectivity index (χ2v) is 6.23. The Hall–Kier alpha value is -1.03. The van der Waals surface area contributed by atoms with Crippen LogP contribution in [0.1, 0.15) is 51.9 Å². The molecule has 2 aliphatic rings. The number of hydrogen-bond acceptors (Lipinski definition) is 1. The van der Waals surface area contributed by atoms with E-state index in [1.54, 1.807) is 6.08 Å². The Morgan fingerprint density at radius 2 is 2.05 bits per heavy atom. The summed E-state index contributed by atoms with van der Waals surface area (Å²) >= 11 is 0. The molecule has 2 rings (SSSR count). The van der Waals surface area contributed by atoms with Crippen molar-refractivity contribution in [1.82, 2.24) is 0 Å². The van der Waals surface area contributed by atoms with Crippen molar-refractivity contribution in [2.45, 2.75) is 64.1 Å². The van der Waals surface area contributed by atoms with Gasteiger partial charge in [-0.15, -0.1) is 0 Å². The van der Waals surface area contributed by atoms with Crippen LogP contribution in [-0.4, -0.2) is 18.9 Å². The molecule has 1 nitrogen and oxygen atoms in total. The quantitative estimate of drug-likeness (QED) is 0.607. The van der Waals surface area contributed by atoms with Gasteiger partial charge in [-0.3, -0.25) is 0 Å². The van der Waals surface area contributed by atoms with Crippen LogP contribution in [0.5, 0.6) is 0 Å². The van der Waals surface area contributed by atoms with Crippen molar-refractivity contribution in [2.24, 2.45) is 5.92 Å².